The third-order valence-corrected chi connectivity index (χ3v) is 4.33. The van der Waals surface area contributed by atoms with Gasteiger partial charge < -0.3 is 16.8 Å². The Hall–Kier alpha value is -2.82. The van der Waals surface area contributed by atoms with Gasteiger partial charge >= 0.3 is 0 Å². The van der Waals surface area contributed by atoms with Gasteiger partial charge in [0.2, 0.25) is 5.91 Å². The van der Waals surface area contributed by atoms with Gasteiger partial charge in [-0.05, 0) is 60.6 Å². The Balaban J connectivity index is 1.67. The number of fused-ring (bicyclic) bond motifs is 1. The maximum atomic E-state index is 11.1. The molecule has 0 fully saturated rings. The molecule has 0 atom stereocenters. The number of hydrogen-bond acceptors (Lipinski definition) is 2. The predicted molar refractivity (Wildman–Crippen MR) is 97.0 cm³/mol. The first-order valence-electron chi connectivity index (χ1n) is 8.20. The first kappa shape index (κ1) is 16.1. The summed E-state index contributed by atoms with van der Waals surface area (Å²) in [6.45, 7) is 0.451. The highest BCUT2D eigenvalue weighted by atomic mass is 16.1. The molecule has 0 aromatic heterocycles. The molecule has 24 heavy (non-hydrogen) atoms. The molecule has 0 aliphatic heterocycles. The number of hydrogen-bond donors (Lipinski definition) is 3. The lowest BCUT2D eigenvalue weighted by molar-refractivity contribution is 0.100. The van der Waals surface area contributed by atoms with E-state index >= 15 is 0 Å². The van der Waals surface area contributed by atoms with Crippen LogP contribution < -0.4 is 16.8 Å². The molecule has 1 aliphatic carbocycles. The number of nitrogens with two attached hydrogens (primary N) is 2. The van der Waals surface area contributed by atoms with Crippen LogP contribution in [0.5, 0.6) is 0 Å². The number of carbonyl (C=O) groups is 1. The van der Waals surface area contributed by atoms with Crippen LogP contribution in [0.1, 0.15) is 39.9 Å². The number of nitrogens with one attached hydrogen (secondary N) is 1. The predicted octanol–water partition coefficient (Wildman–Crippen LogP) is 2.59. The standard InChI is InChI=1S/C19H22N4O/c20-18(24)15-10-8-13(9-11-15)12-22-19(21)23-17-7-3-5-14-4-1-2-6-16(14)17/h3,5,7-11H,1-2,4,6,12H2,(H2,20,24)(H3,21,22,23). The van der Waals surface area contributed by atoms with Crippen molar-refractivity contribution in [2.24, 2.45) is 16.5 Å². The van der Waals surface area contributed by atoms with Crippen LogP contribution in [0.25, 0.3) is 0 Å². The van der Waals surface area contributed by atoms with Crippen LogP contribution in [-0.4, -0.2) is 11.9 Å². The van der Waals surface area contributed by atoms with Crippen molar-refractivity contribution < 1.29 is 4.79 Å². The minimum atomic E-state index is -0.430. The summed E-state index contributed by atoms with van der Waals surface area (Å²) in [5.41, 5.74) is 16.5. The van der Waals surface area contributed by atoms with Crippen LogP contribution >= 0.6 is 0 Å². The number of guanidine groups is 1. The topological polar surface area (TPSA) is 93.5 Å². The van der Waals surface area contributed by atoms with Crippen LogP contribution in [0.2, 0.25) is 0 Å². The maximum Gasteiger partial charge on any atom is 0.248 e. The summed E-state index contributed by atoms with van der Waals surface area (Å²) in [4.78, 5) is 15.4. The molecule has 124 valence electrons. The van der Waals surface area contributed by atoms with Crippen LogP contribution in [0.15, 0.2) is 47.5 Å². The van der Waals surface area contributed by atoms with Gasteiger partial charge in [0.1, 0.15) is 0 Å². The fourth-order valence-corrected chi connectivity index (χ4v) is 3.03. The van der Waals surface area contributed by atoms with Gasteiger partial charge in [0.15, 0.2) is 5.96 Å². The van der Waals surface area contributed by atoms with E-state index in [2.05, 4.69) is 22.4 Å². The number of aryl methyl sites for hydroxylation is 1. The van der Waals surface area contributed by atoms with E-state index in [0.717, 1.165) is 24.1 Å². The molecule has 0 saturated heterocycles. The molecule has 2 aromatic rings. The van der Waals surface area contributed by atoms with Gasteiger partial charge in [-0.15, -0.1) is 0 Å². The quantitative estimate of drug-likeness (QED) is 0.596. The number of carbonyl (C=O) groups excluding carboxylic acids is 1. The summed E-state index contributed by atoms with van der Waals surface area (Å²) >= 11 is 0. The van der Waals surface area contributed by atoms with Gasteiger partial charge in [-0.25, -0.2) is 4.99 Å². The number of anilines is 1. The summed E-state index contributed by atoms with van der Waals surface area (Å²) in [6.07, 6.45) is 4.69. The first-order chi connectivity index (χ1) is 11.6. The van der Waals surface area contributed by atoms with Gasteiger partial charge in [-0.2, -0.15) is 0 Å². The van der Waals surface area contributed by atoms with E-state index in [-0.39, 0.29) is 0 Å². The lowest BCUT2D eigenvalue weighted by Gasteiger charge is -2.19. The van der Waals surface area contributed by atoms with Gasteiger partial charge in [-0.3, -0.25) is 4.79 Å². The zero-order valence-corrected chi connectivity index (χ0v) is 13.6. The minimum Gasteiger partial charge on any atom is -0.370 e. The van der Waals surface area contributed by atoms with E-state index in [1.165, 1.54) is 24.0 Å². The van der Waals surface area contributed by atoms with Crippen molar-refractivity contribution in [1.29, 1.82) is 0 Å². The molecule has 5 N–H and O–H groups in total. The highest BCUT2D eigenvalue weighted by molar-refractivity contribution is 5.93. The zero-order chi connectivity index (χ0) is 16.9. The minimum absolute atomic E-state index is 0.396. The molecule has 5 nitrogen and oxygen atoms in total. The average molecular weight is 322 g/mol. The SMILES string of the molecule is NC(=O)c1ccc(CN=C(N)Nc2cccc3c2CCCC3)cc1. The van der Waals surface area contributed by atoms with E-state index in [9.17, 15) is 4.79 Å². The molecule has 5 heteroatoms. The summed E-state index contributed by atoms with van der Waals surface area (Å²) in [5, 5.41) is 3.22. The van der Waals surface area contributed by atoms with E-state index in [4.69, 9.17) is 11.5 Å². The van der Waals surface area contributed by atoms with Gasteiger partial charge in [-0.1, -0.05) is 24.3 Å². The second kappa shape index (κ2) is 7.17. The third-order valence-electron chi connectivity index (χ3n) is 4.33. The van der Waals surface area contributed by atoms with Gasteiger partial charge in [0.25, 0.3) is 0 Å². The molecule has 1 aliphatic rings. The second-order valence-electron chi connectivity index (χ2n) is 6.04. The molecular formula is C19H22N4O. The normalized spacial score (nSPS) is 14.1. The monoisotopic (exact) mass is 322 g/mol. The molecule has 2 aromatic carbocycles. The number of rotatable bonds is 4. The van der Waals surface area contributed by atoms with Crippen LogP contribution in [-0.2, 0) is 19.4 Å². The van der Waals surface area contributed by atoms with Crippen molar-refractivity contribution in [3.8, 4) is 0 Å². The molecule has 0 spiro atoms. The Morgan fingerprint density at radius 1 is 1.04 bits per heavy atom. The zero-order valence-electron chi connectivity index (χ0n) is 13.6. The summed E-state index contributed by atoms with van der Waals surface area (Å²) in [6, 6.07) is 13.4. The Morgan fingerprint density at radius 3 is 2.54 bits per heavy atom. The van der Waals surface area contributed by atoms with E-state index in [0.29, 0.717) is 18.1 Å². The number of amides is 1. The van der Waals surface area contributed by atoms with Crippen molar-refractivity contribution >= 4 is 17.6 Å². The highest BCUT2D eigenvalue weighted by Gasteiger charge is 2.13. The molecule has 3 rings (SSSR count). The lowest BCUT2D eigenvalue weighted by Crippen LogP contribution is -2.24. The molecule has 1 amide bonds. The van der Waals surface area contributed by atoms with Crippen molar-refractivity contribution in [2.45, 2.75) is 32.2 Å². The summed E-state index contributed by atoms with van der Waals surface area (Å²) < 4.78 is 0. The summed E-state index contributed by atoms with van der Waals surface area (Å²) in [7, 11) is 0. The fraction of sp³-hybridized carbons (Fsp3) is 0.263. The molecule has 0 radical (unpaired) electrons. The Kier molecular flexibility index (Phi) is 4.79. The average Bonchev–Trinajstić information content (AvgIpc) is 2.61. The smallest absolute Gasteiger partial charge is 0.248 e. The van der Waals surface area contributed by atoms with Crippen molar-refractivity contribution in [3.63, 3.8) is 0 Å². The van der Waals surface area contributed by atoms with Crippen LogP contribution in [0.4, 0.5) is 5.69 Å². The van der Waals surface area contributed by atoms with Crippen LogP contribution in [0.3, 0.4) is 0 Å². The van der Waals surface area contributed by atoms with E-state index in [1.807, 2.05) is 18.2 Å². The highest BCUT2D eigenvalue weighted by Crippen LogP contribution is 2.27. The lowest BCUT2D eigenvalue weighted by atomic mass is 9.90. The van der Waals surface area contributed by atoms with Crippen molar-refractivity contribution in [3.05, 3.63) is 64.7 Å². The third kappa shape index (κ3) is 3.74. The Morgan fingerprint density at radius 2 is 1.79 bits per heavy atom. The molecule has 0 bridgehead atoms. The second-order valence-corrected chi connectivity index (χ2v) is 6.04. The molecule has 0 saturated carbocycles. The van der Waals surface area contributed by atoms with E-state index in [1.54, 1.807) is 12.1 Å². The Labute approximate surface area is 141 Å². The molecular weight excluding hydrogens is 300 g/mol. The van der Waals surface area contributed by atoms with Crippen molar-refractivity contribution in [2.75, 3.05) is 5.32 Å². The number of nitrogens with zero attached hydrogens (tertiary/aromatic N) is 1. The van der Waals surface area contributed by atoms with Crippen LogP contribution in [0, 0.1) is 0 Å². The fourth-order valence-electron chi connectivity index (χ4n) is 3.03. The van der Waals surface area contributed by atoms with Gasteiger partial charge in [0, 0.05) is 11.3 Å². The van der Waals surface area contributed by atoms with Gasteiger partial charge in [0.05, 0.1) is 6.54 Å². The van der Waals surface area contributed by atoms with Crippen molar-refractivity contribution in [1.82, 2.24) is 0 Å². The first-order valence-corrected chi connectivity index (χ1v) is 8.20. The van der Waals surface area contributed by atoms with E-state index < -0.39 is 5.91 Å². The number of benzene rings is 2. The number of aliphatic imine (C=N–C) groups is 1. The largest absolute Gasteiger partial charge is 0.370 e. The Bertz CT molecular complexity index is 765. The summed E-state index contributed by atoms with van der Waals surface area (Å²) in [5.74, 6) is -0.0342. The maximum absolute atomic E-state index is 11.1. The number of primary amides is 1. The molecule has 0 unspecified atom stereocenters. The molecule has 0 heterocycles.